The molecule has 2 N–H and O–H groups in total. The smallest absolute Gasteiger partial charge is 0.243 e. The number of benzene rings is 2. The van der Waals surface area contributed by atoms with Crippen molar-refractivity contribution >= 4 is 15.8 Å². The van der Waals surface area contributed by atoms with Crippen LogP contribution in [0.15, 0.2) is 59.8 Å². The average Bonchev–Trinajstić information content (AvgIpc) is 2.62. The predicted molar refractivity (Wildman–Crippen MR) is 98.1 cm³/mol. The molecule has 0 amide bonds. The molecule has 134 valence electrons. The summed E-state index contributed by atoms with van der Waals surface area (Å²) in [6.07, 6.45) is 2.84. The third kappa shape index (κ3) is 3.29. The van der Waals surface area contributed by atoms with Gasteiger partial charge in [-0.3, -0.25) is 4.98 Å². The number of hydrogen-bond acceptors (Lipinski definition) is 5. The van der Waals surface area contributed by atoms with Crippen molar-refractivity contribution in [1.82, 2.24) is 14.3 Å². The number of hydrogen-bond donors (Lipinski definition) is 1. The van der Waals surface area contributed by atoms with Crippen molar-refractivity contribution in [2.45, 2.75) is 4.90 Å². The van der Waals surface area contributed by atoms with Gasteiger partial charge in [0.15, 0.2) is 0 Å². The summed E-state index contributed by atoms with van der Waals surface area (Å²) in [6.45, 7) is 0. The van der Waals surface area contributed by atoms with Gasteiger partial charge in [-0.2, -0.15) is 0 Å². The SMILES string of the molecule is CN(C)S(=O)(=O)c1ccccc1-c1ccc(-c2cnc(N)cn2)cc1F. The fourth-order valence-corrected chi connectivity index (χ4v) is 3.59. The number of halogens is 1. The van der Waals surface area contributed by atoms with Gasteiger partial charge in [0.1, 0.15) is 11.6 Å². The Labute approximate surface area is 151 Å². The monoisotopic (exact) mass is 372 g/mol. The molecule has 8 heteroatoms. The first kappa shape index (κ1) is 18.0. The number of nitrogens with two attached hydrogens (primary N) is 1. The number of aromatic nitrogens is 2. The maximum Gasteiger partial charge on any atom is 0.243 e. The number of anilines is 1. The van der Waals surface area contributed by atoms with Gasteiger partial charge in [0, 0.05) is 30.8 Å². The molecule has 26 heavy (non-hydrogen) atoms. The maximum atomic E-state index is 14.8. The summed E-state index contributed by atoms with van der Waals surface area (Å²) in [5.41, 5.74) is 6.99. The van der Waals surface area contributed by atoms with Gasteiger partial charge in [-0.25, -0.2) is 22.1 Å². The molecular weight excluding hydrogens is 355 g/mol. The second-order valence-electron chi connectivity index (χ2n) is 5.80. The molecule has 0 atom stereocenters. The summed E-state index contributed by atoms with van der Waals surface area (Å²) in [5, 5.41) is 0. The summed E-state index contributed by atoms with van der Waals surface area (Å²) < 4.78 is 41.0. The van der Waals surface area contributed by atoms with Crippen molar-refractivity contribution in [3.05, 3.63) is 60.7 Å². The van der Waals surface area contributed by atoms with Gasteiger partial charge in [0.05, 0.1) is 23.0 Å². The molecule has 1 aromatic heterocycles. The van der Waals surface area contributed by atoms with Gasteiger partial charge in [-0.05, 0) is 12.1 Å². The van der Waals surface area contributed by atoms with Crippen LogP contribution in [0, 0.1) is 5.82 Å². The van der Waals surface area contributed by atoms with Crippen LogP contribution in [-0.4, -0.2) is 36.8 Å². The highest BCUT2D eigenvalue weighted by Crippen LogP contribution is 2.32. The normalized spacial score (nSPS) is 11.7. The lowest BCUT2D eigenvalue weighted by Gasteiger charge is -2.16. The van der Waals surface area contributed by atoms with E-state index in [1.807, 2.05) is 0 Å². The number of nitrogen functional groups attached to an aromatic ring is 1. The average molecular weight is 372 g/mol. The molecule has 3 aromatic rings. The molecule has 3 rings (SSSR count). The summed E-state index contributed by atoms with van der Waals surface area (Å²) in [5.74, 6) is -0.281. The van der Waals surface area contributed by atoms with E-state index in [4.69, 9.17) is 5.73 Å². The van der Waals surface area contributed by atoms with E-state index in [0.717, 1.165) is 4.31 Å². The van der Waals surface area contributed by atoms with E-state index in [1.165, 1.54) is 44.7 Å². The topological polar surface area (TPSA) is 89.2 Å². The molecule has 0 saturated carbocycles. The summed E-state index contributed by atoms with van der Waals surface area (Å²) >= 11 is 0. The minimum absolute atomic E-state index is 0.0453. The van der Waals surface area contributed by atoms with Crippen LogP contribution in [0.25, 0.3) is 22.4 Å². The molecule has 0 bridgehead atoms. The van der Waals surface area contributed by atoms with Crippen molar-refractivity contribution in [1.29, 1.82) is 0 Å². The lowest BCUT2D eigenvalue weighted by molar-refractivity contribution is 0.521. The molecule has 0 unspecified atom stereocenters. The first-order valence-corrected chi connectivity index (χ1v) is 9.14. The third-order valence-corrected chi connectivity index (χ3v) is 5.75. The molecule has 0 aliphatic rings. The Kier molecular flexibility index (Phi) is 4.71. The Bertz CT molecular complexity index is 1050. The van der Waals surface area contributed by atoms with Gasteiger partial charge in [-0.1, -0.05) is 30.3 Å². The first-order valence-electron chi connectivity index (χ1n) is 7.70. The summed E-state index contributed by atoms with van der Waals surface area (Å²) in [7, 11) is -0.837. The molecule has 0 aliphatic heterocycles. The fourth-order valence-electron chi connectivity index (χ4n) is 2.49. The minimum Gasteiger partial charge on any atom is -0.382 e. The van der Waals surface area contributed by atoms with Gasteiger partial charge in [0.2, 0.25) is 10.0 Å². The highest BCUT2D eigenvalue weighted by molar-refractivity contribution is 7.89. The standard InChI is InChI=1S/C18H17FN4O2S/c1-23(2)26(24,25)17-6-4-3-5-14(17)13-8-7-12(9-15(13)19)16-10-22-18(20)11-21-16/h3-11H,1-2H3,(H2,20,22). The Hall–Kier alpha value is -2.84. The van der Waals surface area contributed by atoms with Crippen LogP contribution in [0.5, 0.6) is 0 Å². The molecule has 0 fully saturated rings. The molecule has 6 nitrogen and oxygen atoms in total. The lowest BCUT2D eigenvalue weighted by Crippen LogP contribution is -2.22. The zero-order chi connectivity index (χ0) is 18.9. The maximum absolute atomic E-state index is 14.8. The molecule has 1 heterocycles. The van der Waals surface area contributed by atoms with Crippen LogP contribution in [-0.2, 0) is 10.0 Å². The highest BCUT2D eigenvalue weighted by atomic mass is 32.2. The Morgan fingerprint density at radius 3 is 2.35 bits per heavy atom. The van der Waals surface area contributed by atoms with Crippen molar-refractivity contribution in [3.8, 4) is 22.4 Å². The molecule has 0 aliphatic carbocycles. The van der Waals surface area contributed by atoms with Crippen LogP contribution in [0.1, 0.15) is 0 Å². The second kappa shape index (κ2) is 6.81. The van der Waals surface area contributed by atoms with Gasteiger partial charge >= 0.3 is 0 Å². The Morgan fingerprint density at radius 2 is 1.73 bits per heavy atom. The van der Waals surface area contributed by atoms with E-state index in [2.05, 4.69) is 9.97 Å². The number of rotatable bonds is 4. The lowest BCUT2D eigenvalue weighted by atomic mass is 10.0. The molecule has 2 aromatic carbocycles. The summed E-state index contributed by atoms with van der Waals surface area (Å²) in [4.78, 5) is 8.10. The van der Waals surface area contributed by atoms with E-state index in [0.29, 0.717) is 16.8 Å². The van der Waals surface area contributed by atoms with Crippen molar-refractivity contribution in [2.24, 2.45) is 0 Å². The zero-order valence-corrected chi connectivity index (χ0v) is 15.0. The van der Waals surface area contributed by atoms with Crippen LogP contribution < -0.4 is 5.73 Å². The third-order valence-electron chi connectivity index (χ3n) is 3.87. The zero-order valence-electron chi connectivity index (χ0n) is 14.2. The Balaban J connectivity index is 2.11. The van der Waals surface area contributed by atoms with Crippen LogP contribution in [0.4, 0.5) is 10.2 Å². The van der Waals surface area contributed by atoms with E-state index in [-0.39, 0.29) is 16.3 Å². The van der Waals surface area contributed by atoms with Crippen LogP contribution >= 0.6 is 0 Å². The molecular formula is C18H17FN4O2S. The second-order valence-corrected chi connectivity index (χ2v) is 7.92. The largest absolute Gasteiger partial charge is 0.382 e. The van der Waals surface area contributed by atoms with E-state index < -0.39 is 15.8 Å². The van der Waals surface area contributed by atoms with Crippen LogP contribution in [0.2, 0.25) is 0 Å². The highest BCUT2D eigenvalue weighted by Gasteiger charge is 2.23. The van der Waals surface area contributed by atoms with Gasteiger partial charge in [0.25, 0.3) is 0 Å². The van der Waals surface area contributed by atoms with Crippen molar-refractivity contribution in [2.75, 3.05) is 19.8 Å². The van der Waals surface area contributed by atoms with Crippen LogP contribution in [0.3, 0.4) is 0 Å². The quantitative estimate of drug-likeness (QED) is 0.761. The predicted octanol–water partition coefficient (Wildman–Crippen LogP) is 2.78. The number of nitrogens with zero attached hydrogens (tertiary/aromatic N) is 3. The van der Waals surface area contributed by atoms with E-state index >= 15 is 0 Å². The van der Waals surface area contributed by atoms with E-state index in [9.17, 15) is 12.8 Å². The van der Waals surface area contributed by atoms with Crippen molar-refractivity contribution < 1.29 is 12.8 Å². The molecule has 0 spiro atoms. The molecule has 0 saturated heterocycles. The number of sulfonamides is 1. The van der Waals surface area contributed by atoms with Crippen molar-refractivity contribution in [3.63, 3.8) is 0 Å². The Morgan fingerprint density at radius 1 is 1.00 bits per heavy atom. The first-order chi connectivity index (χ1) is 12.3. The minimum atomic E-state index is -3.71. The molecule has 0 radical (unpaired) electrons. The van der Waals surface area contributed by atoms with Gasteiger partial charge in [-0.15, -0.1) is 0 Å². The summed E-state index contributed by atoms with van der Waals surface area (Å²) in [6, 6.07) is 10.8. The van der Waals surface area contributed by atoms with Gasteiger partial charge < -0.3 is 5.73 Å². The van der Waals surface area contributed by atoms with E-state index in [1.54, 1.807) is 24.3 Å². The fraction of sp³-hybridized carbons (Fsp3) is 0.111.